The Hall–Kier alpha value is -3.11. The van der Waals surface area contributed by atoms with Crippen LogP contribution in [0.3, 0.4) is 0 Å². The molecule has 1 saturated heterocycles. The number of carboxylic acid groups (broad SMARTS) is 1. The van der Waals surface area contributed by atoms with Gasteiger partial charge in [-0.3, -0.25) is 9.36 Å². The Balaban J connectivity index is 1.79. The summed E-state index contributed by atoms with van der Waals surface area (Å²) in [5, 5.41) is 16.7. The molecule has 1 aliphatic rings. The van der Waals surface area contributed by atoms with E-state index in [0.29, 0.717) is 30.4 Å². The molecule has 1 atom stereocenters. The molecule has 4 rings (SSSR count). The first-order chi connectivity index (χ1) is 16.6. The van der Waals surface area contributed by atoms with E-state index in [1.807, 2.05) is 0 Å². The quantitative estimate of drug-likeness (QED) is 0.509. The second kappa shape index (κ2) is 9.87. The van der Waals surface area contributed by atoms with Crippen LogP contribution in [0.25, 0.3) is 5.52 Å². The molecule has 1 amide bonds. The molecule has 0 unspecified atom stereocenters. The van der Waals surface area contributed by atoms with E-state index in [-0.39, 0.29) is 23.3 Å². The summed E-state index contributed by atoms with van der Waals surface area (Å²) in [7, 11) is 1.55. The minimum absolute atomic E-state index is 0.0560. The number of halogens is 1. The maximum atomic E-state index is 13.5. The lowest BCUT2D eigenvalue weighted by Crippen LogP contribution is -2.54. The Bertz CT molecular complexity index is 1260. The standard InChI is InChI=1S/C24H30ClN5O5/c1-24(2,3)29(23(32)33)19(15-5-7-17(34-4)8-6-15)14-28-21(31)18-13-26-20(30(18)27-22(28)25)16-9-11-35-12-10-16/h5-8,13,16,19H,9-12,14H2,1-4H3,(H,32,33)/p-1/t19-/m1/s1. The zero-order valence-electron chi connectivity index (χ0n) is 20.2. The minimum Gasteiger partial charge on any atom is -0.530 e. The first kappa shape index (κ1) is 25.0. The van der Waals surface area contributed by atoms with Crippen molar-refractivity contribution >= 4 is 23.2 Å². The van der Waals surface area contributed by atoms with E-state index in [1.54, 1.807) is 52.1 Å². The van der Waals surface area contributed by atoms with Crippen molar-refractivity contribution in [2.45, 2.75) is 57.7 Å². The van der Waals surface area contributed by atoms with E-state index < -0.39 is 23.2 Å². The lowest BCUT2D eigenvalue weighted by Gasteiger charge is -2.44. The summed E-state index contributed by atoms with van der Waals surface area (Å²) in [6.07, 6.45) is 1.71. The van der Waals surface area contributed by atoms with Crippen molar-refractivity contribution in [1.82, 2.24) is 24.1 Å². The molecule has 3 aromatic rings. The molecule has 0 spiro atoms. The zero-order valence-corrected chi connectivity index (χ0v) is 21.0. The van der Waals surface area contributed by atoms with Gasteiger partial charge in [0, 0.05) is 24.7 Å². The van der Waals surface area contributed by atoms with Gasteiger partial charge in [0.1, 0.15) is 17.7 Å². The van der Waals surface area contributed by atoms with E-state index in [4.69, 9.17) is 21.1 Å². The number of hydrogen-bond acceptors (Lipinski definition) is 7. The molecule has 0 N–H and O–H groups in total. The predicted octanol–water partition coefficient (Wildman–Crippen LogP) is 2.63. The van der Waals surface area contributed by atoms with Gasteiger partial charge in [-0.1, -0.05) is 12.1 Å². The Morgan fingerprint density at radius 3 is 2.51 bits per heavy atom. The van der Waals surface area contributed by atoms with Crippen LogP contribution in [0.5, 0.6) is 5.75 Å². The molecule has 3 heterocycles. The SMILES string of the molecule is COc1ccc([C@@H](Cn2c(Cl)nn3c(C4CCOCC4)ncc3c2=O)N(C(=O)[O-])C(C)(C)C)cc1. The summed E-state index contributed by atoms with van der Waals surface area (Å²) < 4.78 is 13.4. The van der Waals surface area contributed by atoms with Crippen molar-refractivity contribution in [1.29, 1.82) is 0 Å². The number of ether oxygens (including phenoxy) is 2. The van der Waals surface area contributed by atoms with Gasteiger partial charge >= 0.3 is 0 Å². The van der Waals surface area contributed by atoms with Gasteiger partial charge in [-0.15, -0.1) is 5.10 Å². The first-order valence-electron chi connectivity index (χ1n) is 11.5. The fourth-order valence-electron chi connectivity index (χ4n) is 4.57. The van der Waals surface area contributed by atoms with Gasteiger partial charge in [-0.05, 0) is 62.9 Å². The van der Waals surface area contributed by atoms with Crippen molar-refractivity contribution < 1.29 is 19.4 Å². The van der Waals surface area contributed by atoms with Gasteiger partial charge in [0.05, 0.1) is 25.9 Å². The fraction of sp³-hybridized carbons (Fsp3) is 0.500. The number of fused-ring (bicyclic) bond motifs is 1. The van der Waals surface area contributed by atoms with E-state index in [2.05, 4.69) is 10.1 Å². The average molecular weight is 503 g/mol. The van der Waals surface area contributed by atoms with E-state index >= 15 is 0 Å². The minimum atomic E-state index is -1.36. The molecular weight excluding hydrogens is 474 g/mol. The number of rotatable bonds is 6. The predicted molar refractivity (Wildman–Crippen MR) is 128 cm³/mol. The molecule has 10 nitrogen and oxygen atoms in total. The maximum absolute atomic E-state index is 13.5. The second-order valence-electron chi connectivity index (χ2n) is 9.58. The Labute approximate surface area is 208 Å². The normalized spacial score (nSPS) is 15.8. The summed E-state index contributed by atoms with van der Waals surface area (Å²) in [6.45, 7) is 6.49. The van der Waals surface area contributed by atoms with Gasteiger partial charge in [-0.2, -0.15) is 0 Å². The van der Waals surface area contributed by atoms with Crippen LogP contribution in [0, 0.1) is 0 Å². The number of carbonyl (C=O) groups is 1. The van der Waals surface area contributed by atoms with E-state index in [9.17, 15) is 14.7 Å². The van der Waals surface area contributed by atoms with Crippen LogP contribution in [0.15, 0.2) is 35.3 Å². The van der Waals surface area contributed by atoms with Crippen LogP contribution < -0.4 is 15.4 Å². The second-order valence-corrected chi connectivity index (χ2v) is 9.92. The number of amides is 1. The highest BCUT2D eigenvalue weighted by molar-refractivity contribution is 6.28. The Kier molecular flexibility index (Phi) is 7.05. The number of imidazole rings is 1. The Morgan fingerprint density at radius 1 is 1.29 bits per heavy atom. The molecule has 0 saturated carbocycles. The highest BCUT2D eigenvalue weighted by Crippen LogP contribution is 2.31. The highest BCUT2D eigenvalue weighted by atomic mass is 35.5. The van der Waals surface area contributed by atoms with Gasteiger partial charge in [0.25, 0.3) is 5.56 Å². The molecule has 1 fully saturated rings. The Morgan fingerprint density at radius 2 is 1.94 bits per heavy atom. The van der Waals surface area contributed by atoms with Crippen molar-refractivity contribution in [2.75, 3.05) is 20.3 Å². The largest absolute Gasteiger partial charge is 0.530 e. The molecule has 1 aliphatic heterocycles. The smallest absolute Gasteiger partial charge is 0.280 e. The lowest BCUT2D eigenvalue weighted by molar-refractivity contribution is -0.274. The molecule has 0 aliphatic carbocycles. The van der Waals surface area contributed by atoms with Gasteiger partial charge < -0.3 is 24.3 Å². The molecule has 0 bridgehead atoms. The molecule has 35 heavy (non-hydrogen) atoms. The van der Waals surface area contributed by atoms with Crippen LogP contribution in [-0.2, 0) is 11.3 Å². The third kappa shape index (κ3) is 4.99. The van der Waals surface area contributed by atoms with Gasteiger partial charge in [-0.25, -0.2) is 9.50 Å². The number of methoxy groups -OCH3 is 1. The summed E-state index contributed by atoms with van der Waals surface area (Å²) >= 11 is 6.53. The van der Waals surface area contributed by atoms with Crippen LogP contribution in [0.2, 0.25) is 5.28 Å². The molecular formula is C24H29ClN5O5-. The molecule has 0 radical (unpaired) electrons. The third-order valence-electron chi connectivity index (χ3n) is 6.31. The van der Waals surface area contributed by atoms with Crippen LogP contribution in [0.4, 0.5) is 4.79 Å². The number of nitrogens with zero attached hydrogens (tertiary/aromatic N) is 5. The van der Waals surface area contributed by atoms with Gasteiger partial charge in [0.15, 0.2) is 5.52 Å². The van der Waals surface area contributed by atoms with Crippen molar-refractivity contribution in [3.8, 4) is 5.75 Å². The summed E-state index contributed by atoms with van der Waals surface area (Å²) in [5.41, 5.74) is -0.282. The van der Waals surface area contributed by atoms with E-state index in [1.165, 1.54) is 20.2 Å². The van der Waals surface area contributed by atoms with E-state index in [0.717, 1.165) is 12.8 Å². The zero-order chi connectivity index (χ0) is 25.3. The fourth-order valence-corrected chi connectivity index (χ4v) is 4.79. The number of hydrogen-bond donors (Lipinski definition) is 0. The monoisotopic (exact) mass is 502 g/mol. The van der Waals surface area contributed by atoms with Crippen LogP contribution in [0.1, 0.15) is 57.0 Å². The average Bonchev–Trinajstić information content (AvgIpc) is 3.24. The molecule has 2 aromatic heterocycles. The summed E-state index contributed by atoms with van der Waals surface area (Å²) in [4.78, 5) is 31.5. The van der Waals surface area contributed by atoms with Crippen molar-refractivity contribution in [3.63, 3.8) is 0 Å². The summed E-state index contributed by atoms with van der Waals surface area (Å²) in [6, 6.07) is 6.22. The summed E-state index contributed by atoms with van der Waals surface area (Å²) in [5.74, 6) is 1.42. The van der Waals surface area contributed by atoms with Gasteiger partial charge in [0.2, 0.25) is 5.28 Å². The molecule has 188 valence electrons. The number of carbonyl (C=O) groups excluding carboxylic acids is 1. The number of benzene rings is 1. The van der Waals surface area contributed by atoms with Crippen LogP contribution in [-0.4, -0.2) is 56.0 Å². The topological polar surface area (TPSA) is 114 Å². The van der Waals surface area contributed by atoms with Crippen molar-refractivity contribution in [3.05, 3.63) is 57.5 Å². The molecule has 11 heteroatoms. The third-order valence-corrected chi connectivity index (χ3v) is 6.59. The molecule has 1 aromatic carbocycles. The lowest BCUT2D eigenvalue weighted by atomic mass is 9.98. The maximum Gasteiger partial charge on any atom is 0.280 e. The highest BCUT2D eigenvalue weighted by Gasteiger charge is 2.32. The first-order valence-corrected chi connectivity index (χ1v) is 11.9. The number of aromatic nitrogens is 4. The van der Waals surface area contributed by atoms with Crippen molar-refractivity contribution in [2.24, 2.45) is 0 Å². The van der Waals surface area contributed by atoms with Crippen LogP contribution >= 0.6 is 11.6 Å².